The molecule has 62 valence electrons. The summed E-state index contributed by atoms with van der Waals surface area (Å²) in [6, 6.07) is 0. The maximum Gasteiger partial charge on any atom is 0.182 e. The van der Waals surface area contributed by atoms with Gasteiger partial charge >= 0.3 is 0 Å². The van der Waals surface area contributed by atoms with Gasteiger partial charge in [0.25, 0.3) is 0 Å². The van der Waals surface area contributed by atoms with Crippen LogP contribution in [0.1, 0.15) is 13.8 Å². The molecule has 4 nitrogen and oxygen atoms in total. The molecule has 1 rings (SSSR count). The average Bonchev–Trinajstić information content (AvgIpc) is 2.00. The van der Waals surface area contributed by atoms with Gasteiger partial charge in [0, 0.05) is 11.6 Å². The van der Waals surface area contributed by atoms with Crippen molar-refractivity contribution < 1.29 is 0 Å². The van der Waals surface area contributed by atoms with Gasteiger partial charge in [-0.3, -0.25) is 5.32 Å². The van der Waals surface area contributed by atoms with Crippen molar-refractivity contribution >= 4 is 11.5 Å². The first-order valence-corrected chi connectivity index (χ1v) is 3.66. The summed E-state index contributed by atoms with van der Waals surface area (Å²) in [4.78, 5) is 4.02. The lowest BCUT2D eigenvalue weighted by atomic mass is 10.0. The molecular formula is C8H10N4. The molecule has 0 saturated carbocycles. The van der Waals surface area contributed by atoms with Crippen molar-refractivity contribution in [1.29, 1.82) is 10.7 Å². The number of nitriles is 1. The average molecular weight is 162 g/mol. The van der Waals surface area contributed by atoms with Crippen LogP contribution in [0.4, 0.5) is 0 Å². The number of amidine groups is 1. The van der Waals surface area contributed by atoms with Crippen molar-refractivity contribution in [3.8, 4) is 6.19 Å². The molecule has 1 aliphatic heterocycles. The Morgan fingerprint density at radius 3 is 3.00 bits per heavy atom. The molecule has 1 aliphatic rings. The van der Waals surface area contributed by atoms with Crippen LogP contribution in [0.15, 0.2) is 16.8 Å². The van der Waals surface area contributed by atoms with Crippen LogP contribution in [0.2, 0.25) is 0 Å². The molecule has 0 amide bonds. The fourth-order valence-corrected chi connectivity index (χ4v) is 1.08. The largest absolute Gasteiger partial charge is 0.301 e. The van der Waals surface area contributed by atoms with E-state index >= 15 is 0 Å². The van der Waals surface area contributed by atoms with E-state index in [1.807, 2.05) is 19.9 Å². The minimum Gasteiger partial charge on any atom is -0.301 e. The molecule has 1 heterocycles. The number of allylic oxidation sites excluding steroid dienone is 2. The summed E-state index contributed by atoms with van der Waals surface area (Å²) < 4.78 is 0. The van der Waals surface area contributed by atoms with Crippen LogP contribution >= 0.6 is 0 Å². The van der Waals surface area contributed by atoms with E-state index in [1.165, 1.54) is 0 Å². The minimum atomic E-state index is 0.0401. The Labute approximate surface area is 71.1 Å². The lowest BCUT2D eigenvalue weighted by molar-refractivity contribution is 0.950. The zero-order chi connectivity index (χ0) is 9.14. The highest BCUT2D eigenvalue weighted by Crippen LogP contribution is 2.12. The molecule has 0 fully saturated rings. The summed E-state index contributed by atoms with van der Waals surface area (Å²) in [5.41, 5.74) is 1.21. The Morgan fingerprint density at radius 2 is 2.42 bits per heavy atom. The van der Waals surface area contributed by atoms with Crippen molar-refractivity contribution in [2.45, 2.75) is 13.8 Å². The molecule has 0 aromatic carbocycles. The molecule has 0 radical (unpaired) electrons. The smallest absolute Gasteiger partial charge is 0.182 e. The van der Waals surface area contributed by atoms with Crippen LogP contribution in [-0.4, -0.2) is 11.5 Å². The van der Waals surface area contributed by atoms with Gasteiger partial charge < -0.3 is 5.41 Å². The Balaban J connectivity index is 2.92. The van der Waals surface area contributed by atoms with Crippen LogP contribution in [0, 0.1) is 22.8 Å². The predicted octanol–water partition coefficient (Wildman–Crippen LogP) is 1.03. The molecule has 0 bridgehead atoms. The van der Waals surface area contributed by atoms with E-state index in [1.54, 1.807) is 6.19 Å². The standard InChI is InChI=1S/C8H10N4/c1-5-3-6(2)12-8(7(5)10)11-4-9/h3,5,10H,1-2H3,(H,11,12). The molecule has 0 aromatic heterocycles. The number of hydrogen-bond donors (Lipinski definition) is 2. The van der Waals surface area contributed by atoms with Crippen LogP contribution in [0.3, 0.4) is 0 Å². The van der Waals surface area contributed by atoms with E-state index in [-0.39, 0.29) is 5.92 Å². The Bertz CT molecular complexity index is 306. The van der Waals surface area contributed by atoms with Crippen molar-refractivity contribution in [2.24, 2.45) is 10.9 Å². The lowest BCUT2D eigenvalue weighted by Crippen LogP contribution is -2.32. The van der Waals surface area contributed by atoms with Crippen LogP contribution in [0.5, 0.6) is 0 Å². The highest BCUT2D eigenvalue weighted by molar-refractivity contribution is 6.42. The summed E-state index contributed by atoms with van der Waals surface area (Å²) in [6.07, 6.45) is 3.65. The quantitative estimate of drug-likeness (QED) is 0.412. The topological polar surface area (TPSA) is 72.0 Å². The number of hydrogen-bond acceptors (Lipinski definition) is 4. The Morgan fingerprint density at radius 1 is 1.75 bits per heavy atom. The highest BCUT2D eigenvalue weighted by atomic mass is 15.0. The summed E-state index contributed by atoms with van der Waals surface area (Å²) in [7, 11) is 0. The zero-order valence-corrected chi connectivity index (χ0v) is 7.05. The van der Waals surface area contributed by atoms with Gasteiger partial charge in [0.05, 0.1) is 5.71 Å². The van der Waals surface area contributed by atoms with Crippen LogP contribution in [0.25, 0.3) is 0 Å². The zero-order valence-electron chi connectivity index (χ0n) is 7.05. The van der Waals surface area contributed by atoms with Gasteiger partial charge in [-0.25, -0.2) is 4.99 Å². The maximum atomic E-state index is 8.35. The van der Waals surface area contributed by atoms with E-state index in [2.05, 4.69) is 10.3 Å². The molecule has 0 aliphatic carbocycles. The van der Waals surface area contributed by atoms with Crippen molar-refractivity contribution in [3.63, 3.8) is 0 Å². The normalized spacial score (nSPS) is 22.4. The summed E-state index contributed by atoms with van der Waals surface area (Å²) >= 11 is 0. The fraction of sp³-hybridized carbons (Fsp3) is 0.375. The van der Waals surface area contributed by atoms with E-state index in [0.29, 0.717) is 11.5 Å². The number of aliphatic imine (C=N–C) groups is 1. The van der Waals surface area contributed by atoms with E-state index in [9.17, 15) is 0 Å². The SMILES string of the molecule is CC1=CC(C)C(=N)C(NC#N)=N1. The molecule has 1 atom stereocenters. The fourth-order valence-electron chi connectivity index (χ4n) is 1.08. The number of nitrogens with one attached hydrogen (secondary N) is 2. The summed E-state index contributed by atoms with van der Waals surface area (Å²) in [5.74, 6) is 0.406. The predicted molar refractivity (Wildman–Crippen MR) is 46.8 cm³/mol. The van der Waals surface area contributed by atoms with Gasteiger partial charge in [-0.15, -0.1) is 0 Å². The van der Waals surface area contributed by atoms with Gasteiger partial charge in [0.15, 0.2) is 12.0 Å². The van der Waals surface area contributed by atoms with Crippen molar-refractivity contribution in [1.82, 2.24) is 5.32 Å². The van der Waals surface area contributed by atoms with Gasteiger partial charge in [0.2, 0.25) is 0 Å². The first-order valence-electron chi connectivity index (χ1n) is 3.66. The number of nitrogens with zero attached hydrogens (tertiary/aromatic N) is 2. The Hall–Kier alpha value is -1.63. The summed E-state index contributed by atoms with van der Waals surface area (Å²) in [5, 5.41) is 18.3. The second-order valence-corrected chi connectivity index (χ2v) is 2.71. The molecule has 1 unspecified atom stereocenters. The Kier molecular flexibility index (Phi) is 2.24. The molecular weight excluding hydrogens is 152 g/mol. The molecule has 4 heteroatoms. The number of rotatable bonds is 0. The van der Waals surface area contributed by atoms with E-state index in [0.717, 1.165) is 5.70 Å². The van der Waals surface area contributed by atoms with Crippen molar-refractivity contribution in [2.75, 3.05) is 0 Å². The monoisotopic (exact) mass is 162 g/mol. The van der Waals surface area contributed by atoms with E-state index in [4.69, 9.17) is 10.7 Å². The van der Waals surface area contributed by atoms with Crippen LogP contribution < -0.4 is 5.32 Å². The van der Waals surface area contributed by atoms with Gasteiger partial charge in [-0.05, 0) is 6.92 Å². The third-order valence-corrected chi connectivity index (χ3v) is 1.66. The second-order valence-electron chi connectivity index (χ2n) is 2.71. The lowest BCUT2D eigenvalue weighted by Gasteiger charge is -2.15. The van der Waals surface area contributed by atoms with Crippen molar-refractivity contribution in [3.05, 3.63) is 11.8 Å². The minimum absolute atomic E-state index is 0.0401. The van der Waals surface area contributed by atoms with Gasteiger partial charge in [-0.2, -0.15) is 5.26 Å². The van der Waals surface area contributed by atoms with E-state index < -0.39 is 0 Å². The molecule has 0 aromatic rings. The van der Waals surface area contributed by atoms with Gasteiger partial charge in [-0.1, -0.05) is 13.0 Å². The third kappa shape index (κ3) is 1.51. The molecule has 0 spiro atoms. The molecule has 2 N–H and O–H groups in total. The van der Waals surface area contributed by atoms with Crippen LogP contribution in [-0.2, 0) is 0 Å². The van der Waals surface area contributed by atoms with Gasteiger partial charge in [0.1, 0.15) is 0 Å². The first-order chi connectivity index (χ1) is 5.65. The molecule has 12 heavy (non-hydrogen) atoms. The third-order valence-electron chi connectivity index (χ3n) is 1.66. The first kappa shape index (κ1) is 8.47. The summed E-state index contributed by atoms with van der Waals surface area (Å²) in [6.45, 7) is 3.75. The second kappa shape index (κ2) is 3.18. The molecule has 0 saturated heterocycles. The highest BCUT2D eigenvalue weighted by Gasteiger charge is 2.17. The maximum absolute atomic E-state index is 8.35.